The van der Waals surface area contributed by atoms with E-state index >= 15 is 0 Å². The van der Waals surface area contributed by atoms with Gasteiger partial charge in [0, 0.05) is 17.3 Å². The number of aryl methyl sites for hydroxylation is 1. The summed E-state index contributed by atoms with van der Waals surface area (Å²) in [7, 11) is 0. The van der Waals surface area contributed by atoms with Gasteiger partial charge in [0.2, 0.25) is 0 Å². The highest BCUT2D eigenvalue weighted by Crippen LogP contribution is 2.21. The van der Waals surface area contributed by atoms with Crippen LogP contribution in [0.1, 0.15) is 14.5 Å². The van der Waals surface area contributed by atoms with Crippen molar-refractivity contribution >= 4 is 34.0 Å². The van der Waals surface area contributed by atoms with E-state index in [9.17, 15) is 4.79 Å². The van der Waals surface area contributed by atoms with Crippen LogP contribution in [-0.2, 0) is 0 Å². The van der Waals surface area contributed by atoms with E-state index in [2.05, 4.69) is 15.3 Å². The summed E-state index contributed by atoms with van der Waals surface area (Å²) in [4.78, 5) is 22.4. The second-order valence-electron chi connectivity index (χ2n) is 4.09. The number of carbonyl (C=O) groups excluding carboxylic acids is 1. The van der Waals surface area contributed by atoms with Crippen LogP contribution in [0.5, 0.6) is 0 Å². The molecule has 0 aliphatic carbocycles. The number of carbonyl (C=O) groups is 1. The van der Waals surface area contributed by atoms with Gasteiger partial charge in [0.05, 0.1) is 16.1 Å². The zero-order valence-electron chi connectivity index (χ0n) is 10.3. The Hall–Kier alpha value is -2.27. The Balaban J connectivity index is 1.95. The highest BCUT2D eigenvalue weighted by Gasteiger charge is 2.10. The number of rotatable bonds is 2. The summed E-state index contributed by atoms with van der Waals surface area (Å²) in [5.74, 6) is -0.115. The smallest absolute Gasteiger partial charge is 0.265 e. The van der Waals surface area contributed by atoms with Gasteiger partial charge in [-0.25, -0.2) is 0 Å². The third-order valence-corrected chi connectivity index (χ3v) is 3.71. The molecular formula is C14H11N3OS. The normalized spacial score (nSPS) is 10.6. The van der Waals surface area contributed by atoms with E-state index in [1.807, 2.05) is 37.3 Å². The van der Waals surface area contributed by atoms with Crippen molar-refractivity contribution in [3.05, 3.63) is 52.5 Å². The predicted octanol–water partition coefficient (Wildman–Crippen LogP) is 3.25. The minimum atomic E-state index is -0.115. The van der Waals surface area contributed by atoms with Crippen molar-refractivity contribution in [2.24, 2.45) is 0 Å². The molecule has 2 heterocycles. The molecule has 19 heavy (non-hydrogen) atoms. The van der Waals surface area contributed by atoms with Gasteiger partial charge < -0.3 is 5.32 Å². The molecule has 3 aromatic rings. The summed E-state index contributed by atoms with van der Waals surface area (Å²) in [6, 6.07) is 9.31. The maximum absolute atomic E-state index is 12.1. The molecule has 0 spiro atoms. The first-order chi connectivity index (χ1) is 9.24. The summed E-state index contributed by atoms with van der Waals surface area (Å²) in [5.41, 5.74) is 2.15. The summed E-state index contributed by atoms with van der Waals surface area (Å²) >= 11 is 1.47. The van der Waals surface area contributed by atoms with Crippen LogP contribution < -0.4 is 5.32 Å². The lowest BCUT2D eigenvalue weighted by atomic mass is 10.2. The van der Waals surface area contributed by atoms with E-state index in [1.165, 1.54) is 11.3 Å². The molecule has 1 N–H and O–H groups in total. The third-order valence-electron chi connectivity index (χ3n) is 2.71. The van der Waals surface area contributed by atoms with Crippen molar-refractivity contribution in [3.63, 3.8) is 0 Å². The zero-order valence-corrected chi connectivity index (χ0v) is 11.1. The van der Waals surface area contributed by atoms with Crippen LogP contribution in [0.15, 0.2) is 42.7 Å². The summed E-state index contributed by atoms with van der Waals surface area (Å²) < 4.78 is 0. The molecule has 1 aromatic carbocycles. The Morgan fingerprint density at radius 3 is 2.79 bits per heavy atom. The highest BCUT2D eigenvalue weighted by atomic mass is 32.1. The number of hydrogen-bond acceptors (Lipinski definition) is 4. The van der Waals surface area contributed by atoms with E-state index in [0.29, 0.717) is 16.1 Å². The van der Waals surface area contributed by atoms with Crippen LogP contribution >= 0.6 is 11.3 Å². The van der Waals surface area contributed by atoms with Gasteiger partial charge in [-0.15, -0.1) is 11.3 Å². The number of fused-ring (bicyclic) bond motifs is 1. The Labute approximate surface area is 114 Å². The Morgan fingerprint density at radius 2 is 2.00 bits per heavy atom. The molecule has 0 fully saturated rings. The van der Waals surface area contributed by atoms with E-state index < -0.39 is 0 Å². The fourth-order valence-corrected chi connectivity index (χ4v) is 2.60. The number of para-hydroxylation sites is 1. The molecule has 3 rings (SSSR count). The largest absolute Gasteiger partial charge is 0.319 e. The van der Waals surface area contributed by atoms with Crippen molar-refractivity contribution in [2.75, 3.05) is 5.32 Å². The summed E-state index contributed by atoms with van der Waals surface area (Å²) in [6.07, 6.45) is 3.25. The van der Waals surface area contributed by atoms with E-state index in [0.717, 1.165) is 10.4 Å². The van der Waals surface area contributed by atoms with Crippen LogP contribution in [0.25, 0.3) is 11.0 Å². The van der Waals surface area contributed by atoms with Crippen LogP contribution in [0.2, 0.25) is 0 Å². The van der Waals surface area contributed by atoms with Gasteiger partial charge in [-0.05, 0) is 31.2 Å². The van der Waals surface area contributed by atoms with Gasteiger partial charge in [-0.3, -0.25) is 14.8 Å². The van der Waals surface area contributed by atoms with Gasteiger partial charge in [0.25, 0.3) is 5.91 Å². The molecule has 0 radical (unpaired) electrons. The number of aromatic nitrogens is 2. The standard InChI is InChI=1S/C14H11N3OS/c1-9-5-6-12(19-9)14(18)17-11-4-2-3-10-13(11)16-8-7-15-10/h2-8H,1H3,(H,17,18). The number of amides is 1. The molecule has 94 valence electrons. The van der Waals surface area contributed by atoms with Gasteiger partial charge in [0.15, 0.2) is 0 Å². The molecular weight excluding hydrogens is 258 g/mol. The average Bonchev–Trinajstić information content (AvgIpc) is 2.86. The molecule has 0 bridgehead atoms. The summed E-state index contributed by atoms with van der Waals surface area (Å²) in [5, 5.41) is 2.88. The lowest BCUT2D eigenvalue weighted by Crippen LogP contribution is -2.10. The maximum Gasteiger partial charge on any atom is 0.265 e. The number of hydrogen-bond donors (Lipinski definition) is 1. The number of nitrogens with zero attached hydrogens (tertiary/aromatic N) is 2. The predicted molar refractivity (Wildman–Crippen MR) is 76.5 cm³/mol. The number of thiophene rings is 1. The quantitative estimate of drug-likeness (QED) is 0.777. The topological polar surface area (TPSA) is 54.9 Å². The number of nitrogens with one attached hydrogen (secondary N) is 1. The van der Waals surface area contributed by atoms with Crippen molar-refractivity contribution in [1.29, 1.82) is 0 Å². The number of benzene rings is 1. The lowest BCUT2D eigenvalue weighted by Gasteiger charge is -2.06. The maximum atomic E-state index is 12.1. The fourth-order valence-electron chi connectivity index (χ4n) is 1.83. The molecule has 4 nitrogen and oxygen atoms in total. The van der Waals surface area contributed by atoms with Crippen LogP contribution in [-0.4, -0.2) is 15.9 Å². The highest BCUT2D eigenvalue weighted by molar-refractivity contribution is 7.14. The molecule has 5 heteroatoms. The molecule has 1 amide bonds. The first kappa shape index (κ1) is 11.8. The zero-order chi connectivity index (χ0) is 13.2. The first-order valence-electron chi connectivity index (χ1n) is 5.81. The Morgan fingerprint density at radius 1 is 1.16 bits per heavy atom. The van der Waals surface area contributed by atoms with Crippen LogP contribution in [0.3, 0.4) is 0 Å². The lowest BCUT2D eigenvalue weighted by molar-refractivity contribution is 0.103. The van der Waals surface area contributed by atoms with Gasteiger partial charge in [-0.1, -0.05) is 6.07 Å². The SMILES string of the molecule is Cc1ccc(C(=O)Nc2cccc3nccnc23)s1. The molecule has 0 unspecified atom stereocenters. The summed E-state index contributed by atoms with van der Waals surface area (Å²) in [6.45, 7) is 1.98. The van der Waals surface area contributed by atoms with E-state index in [4.69, 9.17) is 0 Å². The second-order valence-corrected chi connectivity index (χ2v) is 5.38. The minimum absolute atomic E-state index is 0.115. The van der Waals surface area contributed by atoms with Gasteiger partial charge in [-0.2, -0.15) is 0 Å². The van der Waals surface area contributed by atoms with Crippen molar-refractivity contribution in [1.82, 2.24) is 9.97 Å². The Kier molecular flexibility index (Phi) is 2.97. The molecule has 0 saturated heterocycles. The third kappa shape index (κ3) is 2.32. The first-order valence-corrected chi connectivity index (χ1v) is 6.63. The molecule has 0 atom stereocenters. The van der Waals surface area contributed by atoms with Crippen molar-refractivity contribution in [2.45, 2.75) is 6.92 Å². The van der Waals surface area contributed by atoms with Gasteiger partial charge >= 0.3 is 0 Å². The minimum Gasteiger partial charge on any atom is -0.319 e. The number of anilines is 1. The van der Waals surface area contributed by atoms with Crippen molar-refractivity contribution < 1.29 is 4.79 Å². The van der Waals surface area contributed by atoms with Crippen LogP contribution in [0.4, 0.5) is 5.69 Å². The molecule has 0 aliphatic heterocycles. The van der Waals surface area contributed by atoms with Crippen molar-refractivity contribution in [3.8, 4) is 0 Å². The molecule has 0 aliphatic rings. The fraction of sp³-hybridized carbons (Fsp3) is 0.0714. The molecule has 2 aromatic heterocycles. The Bertz CT molecular complexity index is 746. The van der Waals surface area contributed by atoms with E-state index in [1.54, 1.807) is 12.4 Å². The second kappa shape index (κ2) is 4.78. The van der Waals surface area contributed by atoms with Crippen LogP contribution in [0, 0.1) is 6.92 Å². The molecule has 0 saturated carbocycles. The van der Waals surface area contributed by atoms with E-state index in [-0.39, 0.29) is 5.91 Å². The van der Waals surface area contributed by atoms with Gasteiger partial charge in [0.1, 0.15) is 5.52 Å². The average molecular weight is 269 g/mol. The monoisotopic (exact) mass is 269 g/mol.